The summed E-state index contributed by atoms with van der Waals surface area (Å²) in [5.74, 6) is 0.242. The minimum atomic E-state index is -3.37. The highest BCUT2D eigenvalue weighted by Crippen LogP contribution is 2.18. The normalized spacial score (nSPS) is 18.1. The summed E-state index contributed by atoms with van der Waals surface area (Å²) in [5, 5.41) is 9.07. The highest BCUT2D eigenvalue weighted by atomic mass is 32.2. The topological polar surface area (TPSA) is 87.5 Å². The second-order valence-electron chi connectivity index (χ2n) is 5.43. The lowest BCUT2D eigenvalue weighted by molar-refractivity contribution is 0.169. The van der Waals surface area contributed by atoms with E-state index in [0.717, 1.165) is 32.2 Å². The van der Waals surface area contributed by atoms with Gasteiger partial charge < -0.3 is 9.67 Å². The summed E-state index contributed by atoms with van der Waals surface area (Å²) in [4.78, 5) is 3.96. The molecule has 0 unspecified atom stereocenters. The molecule has 2 N–H and O–H groups in total. The highest BCUT2D eigenvalue weighted by Gasteiger charge is 2.26. The van der Waals surface area contributed by atoms with Crippen LogP contribution in [0.1, 0.15) is 25.7 Å². The lowest BCUT2D eigenvalue weighted by Crippen LogP contribution is -2.45. The van der Waals surface area contributed by atoms with Gasteiger partial charge in [0.05, 0.1) is 6.33 Å². The van der Waals surface area contributed by atoms with Crippen LogP contribution in [0.4, 0.5) is 0 Å². The average molecular weight is 316 g/mol. The number of aryl methyl sites for hydroxylation is 1. The number of hydrogen-bond donors (Lipinski definition) is 2. The van der Waals surface area contributed by atoms with Crippen LogP contribution in [0.3, 0.4) is 0 Å². The zero-order chi connectivity index (χ0) is 15.1. The first kappa shape index (κ1) is 16.4. The van der Waals surface area contributed by atoms with Crippen molar-refractivity contribution in [3.63, 3.8) is 0 Å². The zero-order valence-electron chi connectivity index (χ0n) is 12.2. The predicted molar refractivity (Wildman–Crippen MR) is 79.8 cm³/mol. The van der Waals surface area contributed by atoms with Crippen molar-refractivity contribution in [2.45, 2.75) is 32.2 Å². The minimum Gasteiger partial charge on any atom is -0.396 e. The van der Waals surface area contributed by atoms with E-state index in [1.165, 1.54) is 4.31 Å². The van der Waals surface area contributed by atoms with Crippen molar-refractivity contribution in [2.24, 2.45) is 5.92 Å². The first-order valence-corrected chi connectivity index (χ1v) is 8.87. The van der Waals surface area contributed by atoms with Crippen molar-refractivity contribution in [1.82, 2.24) is 18.6 Å². The molecule has 1 aliphatic heterocycles. The number of aliphatic hydroxyl groups excluding tert-OH is 1. The molecule has 2 heterocycles. The molecule has 0 saturated carbocycles. The Morgan fingerprint density at radius 3 is 2.67 bits per heavy atom. The predicted octanol–water partition coefficient (Wildman–Crippen LogP) is 0.202. The Kier molecular flexibility index (Phi) is 6.16. The molecule has 1 aromatic rings. The van der Waals surface area contributed by atoms with Crippen molar-refractivity contribution in [3.8, 4) is 0 Å². The Balaban J connectivity index is 1.64. The first-order valence-electron chi connectivity index (χ1n) is 7.43. The van der Waals surface area contributed by atoms with E-state index in [1.54, 1.807) is 12.5 Å². The van der Waals surface area contributed by atoms with E-state index in [1.807, 2.05) is 10.8 Å². The van der Waals surface area contributed by atoms with Crippen LogP contribution in [0.2, 0.25) is 0 Å². The number of rotatable bonds is 8. The van der Waals surface area contributed by atoms with Gasteiger partial charge in [0.15, 0.2) is 0 Å². The van der Waals surface area contributed by atoms with Gasteiger partial charge in [0, 0.05) is 45.2 Å². The summed E-state index contributed by atoms with van der Waals surface area (Å²) < 4.78 is 30.3. The third-order valence-corrected chi connectivity index (χ3v) is 5.47. The van der Waals surface area contributed by atoms with Crippen LogP contribution in [-0.2, 0) is 16.8 Å². The van der Waals surface area contributed by atoms with Crippen LogP contribution in [0.15, 0.2) is 18.7 Å². The maximum atomic E-state index is 12.1. The molecule has 1 aliphatic rings. The fourth-order valence-electron chi connectivity index (χ4n) is 2.46. The number of aliphatic hydroxyl groups is 1. The number of imidazole rings is 1. The molecule has 7 nitrogen and oxygen atoms in total. The molecule has 0 bridgehead atoms. The van der Waals surface area contributed by atoms with E-state index in [2.05, 4.69) is 9.71 Å². The second-order valence-corrected chi connectivity index (χ2v) is 7.19. The van der Waals surface area contributed by atoms with E-state index in [0.29, 0.717) is 19.6 Å². The molecule has 2 rings (SSSR count). The van der Waals surface area contributed by atoms with Gasteiger partial charge in [-0.2, -0.15) is 12.7 Å². The maximum Gasteiger partial charge on any atom is 0.279 e. The number of hydrogen-bond acceptors (Lipinski definition) is 4. The summed E-state index contributed by atoms with van der Waals surface area (Å²) in [6, 6.07) is 0. The van der Waals surface area contributed by atoms with Gasteiger partial charge in [-0.05, 0) is 31.6 Å². The van der Waals surface area contributed by atoms with Gasteiger partial charge in [-0.15, -0.1) is 0 Å². The molecule has 1 saturated heterocycles. The van der Waals surface area contributed by atoms with Gasteiger partial charge in [0.1, 0.15) is 0 Å². The Morgan fingerprint density at radius 1 is 1.29 bits per heavy atom. The van der Waals surface area contributed by atoms with Crippen LogP contribution in [0.5, 0.6) is 0 Å². The van der Waals surface area contributed by atoms with Crippen molar-refractivity contribution < 1.29 is 13.5 Å². The molecule has 0 aliphatic carbocycles. The SMILES string of the molecule is O=S(=O)(NCCCCn1ccnc1)N1CCC(CO)CC1. The summed E-state index contributed by atoms with van der Waals surface area (Å²) in [5.41, 5.74) is 0. The fraction of sp³-hybridized carbons (Fsp3) is 0.769. The number of aromatic nitrogens is 2. The molecular weight excluding hydrogens is 292 g/mol. The van der Waals surface area contributed by atoms with Gasteiger partial charge in [0.25, 0.3) is 10.2 Å². The summed E-state index contributed by atoms with van der Waals surface area (Å²) in [6.45, 7) is 2.45. The molecule has 0 radical (unpaired) electrons. The van der Waals surface area contributed by atoms with Gasteiger partial charge in [-0.25, -0.2) is 9.71 Å². The van der Waals surface area contributed by atoms with Crippen molar-refractivity contribution >= 4 is 10.2 Å². The van der Waals surface area contributed by atoms with Crippen molar-refractivity contribution in [3.05, 3.63) is 18.7 Å². The lowest BCUT2D eigenvalue weighted by atomic mass is 10.00. The summed E-state index contributed by atoms with van der Waals surface area (Å²) in [7, 11) is -3.37. The second kappa shape index (κ2) is 7.88. The molecule has 0 spiro atoms. The van der Waals surface area contributed by atoms with E-state index >= 15 is 0 Å². The van der Waals surface area contributed by atoms with Gasteiger partial charge >= 0.3 is 0 Å². The van der Waals surface area contributed by atoms with E-state index in [-0.39, 0.29) is 12.5 Å². The lowest BCUT2D eigenvalue weighted by Gasteiger charge is -2.30. The molecular formula is C13H24N4O3S. The third-order valence-electron chi connectivity index (χ3n) is 3.86. The standard InChI is InChI=1S/C13H24N4O3S/c18-11-13-3-8-17(9-4-13)21(19,20)15-5-1-2-7-16-10-6-14-12-16/h6,10,12-13,15,18H,1-5,7-9,11H2. The summed E-state index contributed by atoms with van der Waals surface area (Å²) >= 11 is 0. The molecule has 0 amide bonds. The molecule has 1 aromatic heterocycles. The van der Waals surface area contributed by atoms with Crippen molar-refractivity contribution in [1.29, 1.82) is 0 Å². The van der Waals surface area contributed by atoms with Gasteiger partial charge in [0.2, 0.25) is 0 Å². The van der Waals surface area contributed by atoms with Gasteiger partial charge in [-0.3, -0.25) is 0 Å². The molecule has 1 fully saturated rings. The van der Waals surface area contributed by atoms with Crippen LogP contribution >= 0.6 is 0 Å². The number of nitrogens with zero attached hydrogens (tertiary/aromatic N) is 3. The number of unbranched alkanes of at least 4 members (excludes halogenated alkanes) is 1. The first-order chi connectivity index (χ1) is 10.1. The zero-order valence-corrected chi connectivity index (χ0v) is 13.0. The monoisotopic (exact) mass is 316 g/mol. The smallest absolute Gasteiger partial charge is 0.279 e. The minimum absolute atomic E-state index is 0.148. The highest BCUT2D eigenvalue weighted by molar-refractivity contribution is 7.87. The Hall–Kier alpha value is -0.960. The van der Waals surface area contributed by atoms with E-state index in [9.17, 15) is 8.42 Å². The molecule has 0 atom stereocenters. The van der Waals surface area contributed by atoms with E-state index in [4.69, 9.17) is 5.11 Å². The molecule has 21 heavy (non-hydrogen) atoms. The van der Waals surface area contributed by atoms with E-state index < -0.39 is 10.2 Å². The van der Waals surface area contributed by atoms with Crippen LogP contribution in [0.25, 0.3) is 0 Å². The Bertz CT molecular complexity index is 495. The Labute approximate surface area is 126 Å². The van der Waals surface area contributed by atoms with Crippen LogP contribution in [-0.4, -0.2) is 53.6 Å². The Morgan fingerprint density at radius 2 is 2.05 bits per heavy atom. The quantitative estimate of drug-likeness (QED) is 0.671. The van der Waals surface area contributed by atoms with Gasteiger partial charge in [-0.1, -0.05) is 0 Å². The number of piperidine rings is 1. The third kappa shape index (κ3) is 5.06. The van der Waals surface area contributed by atoms with Crippen LogP contribution < -0.4 is 4.72 Å². The maximum absolute atomic E-state index is 12.1. The fourth-order valence-corrected chi connectivity index (χ4v) is 3.74. The molecule has 0 aromatic carbocycles. The van der Waals surface area contributed by atoms with Crippen LogP contribution in [0, 0.1) is 5.92 Å². The summed E-state index contributed by atoms with van der Waals surface area (Å²) in [6.07, 6.45) is 8.57. The largest absolute Gasteiger partial charge is 0.396 e. The average Bonchev–Trinajstić information content (AvgIpc) is 3.00. The molecule has 8 heteroatoms. The molecule has 120 valence electrons. The van der Waals surface area contributed by atoms with Crippen molar-refractivity contribution in [2.75, 3.05) is 26.2 Å². The number of nitrogens with one attached hydrogen (secondary N) is 1.